The maximum atomic E-state index is 5.33. The average molecular weight is 414 g/mol. The van der Waals surface area contributed by atoms with Gasteiger partial charge in [0.25, 0.3) is 0 Å². The molecule has 0 atom stereocenters. The summed E-state index contributed by atoms with van der Waals surface area (Å²) >= 11 is 1.82. The molecule has 4 rings (SSSR count). The smallest absolute Gasteiger partial charge is 0.118 e. The van der Waals surface area contributed by atoms with Crippen LogP contribution in [0.4, 0.5) is 0 Å². The molecule has 0 aliphatic heterocycles. The lowest BCUT2D eigenvalue weighted by Crippen LogP contribution is -1.98. The van der Waals surface area contributed by atoms with Crippen LogP contribution in [0.3, 0.4) is 0 Å². The molecule has 0 spiro atoms. The Kier molecular flexibility index (Phi) is 6.35. The lowest BCUT2D eigenvalue weighted by atomic mass is 10.0. The van der Waals surface area contributed by atoms with Crippen LogP contribution in [0.1, 0.15) is 16.4 Å². The summed E-state index contributed by atoms with van der Waals surface area (Å²) in [5.74, 6) is 1.72. The van der Waals surface area contributed by atoms with Gasteiger partial charge in [-0.05, 0) is 59.7 Å². The van der Waals surface area contributed by atoms with Crippen LogP contribution in [0.5, 0.6) is 11.5 Å². The van der Waals surface area contributed by atoms with E-state index >= 15 is 0 Å². The first kappa shape index (κ1) is 20.0. The Hall–Kier alpha value is -3.24. The monoisotopic (exact) mass is 413 g/mol. The van der Waals surface area contributed by atoms with Gasteiger partial charge in [-0.15, -0.1) is 11.8 Å². The number of hydrogen-bond donors (Lipinski definition) is 0. The standard InChI is InChI=1S/C26H23NO2S/c1-28-22-12-6-20(7-13-22)26(21-8-14-23(29-2)15-9-21)30-24-16-10-19(11-17-24)25-5-3-4-18-27-25/h3-18,26H,1-2H3. The largest absolute Gasteiger partial charge is 0.497 e. The highest BCUT2D eigenvalue weighted by atomic mass is 32.2. The molecule has 0 radical (unpaired) electrons. The lowest BCUT2D eigenvalue weighted by Gasteiger charge is -2.19. The number of methoxy groups -OCH3 is 2. The Morgan fingerprint density at radius 1 is 0.667 bits per heavy atom. The third-order valence-electron chi connectivity index (χ3n) is 4.91. The molecule has 0 amide bonds. The van der Waals surface area contributed by atoms with Crippen LogP contribution >= 0.6 is 11.8 Å². The van der Waals surface area contributed by atoms with Crippen LogP contribution in [0.25, 0.3) is 11.3 Å². The SMILES string of the molecule is COc1ccc(C(Sc2ccc(-c3ccccn3)cc2)c2ccc(OC)cc2)cc1. The van der Waals surface area contributed by atoms with Crippen molar-refractivity contribution in [2.24, 2.45) is 0 Å². The molecule has 3 aromatic carbocycles. The maximum absolute atomic E-state index is 5.33. The molecular weight excluding hydrogens is 390 g/mol. The molecule has 0 bridgehead atoms. The quantitative estimate of drug-likeness (QED) is 0.318. The summed E-state index contributed by atoms with van der Waals surface area (Å²) in [6.45, 7) is 0. The van der Waals surface area contributed by atoms with Crippen LogP contribution in [-0.4, -0.2) is 19.2 Å². The van der Waals surface area contributed by atoms with Gasteiger partial charge in [0, 0.05) is 16.7 Å². The number of aromatic nitrogens is 1. The highest BCUT2D eigenvalue weighted by Crippen LogP contribution is 2.41. The van der Waals surface area contributed by atoms with Crippen molar-refractivity contribution in [3.8, 4) is 22.8 Å². The summed E-state index contributed by atoms with van der Waals surface area (Å²) in [5.41, 5.74) is 4.54. The maximum Gasteiger partial charge on any atom is 0.118 e. The molecule has 0 saturated heterocycles. The Morgan fingerprint density at radius 2 is 1.23 bits per heavy atom. The molecule has 3 nitrogen and oxygen atoms in total. The van der Waals surface area contributed by atoms with E-state index in [0.717, 1.165) is 22.8 Å². The lowest BCUT2D eigenvalue weighted by molar-refractivity contribution is 0.414. The van der Waals surface area contributed by atoms with Gasteiger partial charge in [-0.1, -0.05) is 42.5 Å². The van der Waals surface area contributed by atoms with Gasteiger partial charge in [-0.3, -0.25) is 4.98 Å². The fraction of sp³-hybridized carbons (Fsp3) is 0.115. The molecule has 30 heavy (non-hydrogen) atoms. The summed E-state index contributed by atoms with van der Waals surface area (Å²) in [6.07, 6.45) is 1.82. The normalized spacial score (nSPS) is 10.8. The molecule has 0 aliphatic rings. The van der Waals surface area contributed by atoms with E-state index < -0.39 is 0 Å². The van der Waals surface area contributed by atoms with Crippen LogP contribution in [0.15, 0.2) is 102 Å². The minimum atomic E-state index is 0.155. The number of hydrogen-bond acceptors (Lipinski definition) is 4. The number of ether oxygens (including phenoxy) is 2. The predicted molar refractivity (Wildman–Crippen MR) is 123 cm³/mol. The minimum Gasteiger partial charge on any atom is -0.497 e. The molecule has 0 fully saturated rings. The number of nitrogens with zero attached hydrogens (tertiary/aromatic N) is 1. The van der Waals surface area contributed by atoms with Gasteiger partial charge in [-0.25, -0.2) is 0 Å². The van der Waals surface area contributed by atoms with Crippen molar-refractivity contribution in [2.75, 3.05) is 14.2 Å². The van der Waals surface area contributed by atoms with Crippen molar-refractivity contribution in [2.45, 2.75) is 10.1 Å². The van der Waals surface area contributed by atoms with E-state index in [9.17, 15) is 0 Å². The molecule has 4 aromatic rings. The fourth-order valence-corrected chi connectivity index (χ4v) is 4.41. The second kappa shape index (κ2) is 9.51. The highest BCUT2D eigenvalue weighted by Gasteiger charge is 2.16. The van der Waals surface area contributed by atoms with Crippen LogP contribution in [0, 0.1) is 0 Å². The molecule has 0 N–H and O–H groups in total. The zero-order valence-corrected chi connectivity index (χ0v) is 17.8. The van der Waals surface area contributed by atoms with Crippen molar-refractivity contribution in [1.29, 1.82) is 0 Å². The van der Waals surface area contributed by atoms with Crippen molar-refractivity contribution < 1.29 is 9.47 Å². The van der Waals surface area contributed by atoms with Crippen molar-refractivity contribution >= 4 is 11.8 Å². The molecule has 1 aromatic heterocycles. The Labute approximate surface area is 181 Å². The second-order valence-corrected chi connectivity index (χ2v) is 7.96. The van der Waals surface area contributed by atoms with Gasteiger partial charge in [0.15, 0.2) is 0 Å². The summed E-state index contributed by atoms with van der Waals surface area (Å²) in [4.78, 5) is 5.64. The number of benzene rings is 3. The fourth-order valence-electron chi connectivity index (χ4n) is 3.26. The molecular formula is C26H23NO2S. The third kappa shape index (κ3) is 4.66. The van der Waals surface area contributed by atoms with Crippen LogP contribution in [0.2, 0.25) is 0 Å². The second-order valence-electron chi connectivity index (χ2n) is 6.78. The van der Waals surface area contributed by atoms with Gasteiger partial charge in [0.05, 0.1) is 25.2 Å². The molecule has 0 aliphatic carbocycles. The van der Waals surface area contributed by atoms with E-state index in [1.807, 2.05) is 60.4 Å². The summed E-state index contributed by atoms with van der Waals surface area (Å²) in [6, 6.07) is 31.1. The first-order valence-electron chi connectivity index (χ1n) is 9.73. The van der Waals surface area contributed by atoms with Gasteiger partial charge in [-0.2, -0.15) is 0 Å². The first-order chi connectivity index (χ1) is 14.8. The van der Waals surface area contributed by atoms with Gasteiger partial charge in [0.2, 0.25) is 0 Å². The van der Waals surface area contributed by atoms with Gasteiger partial charge < -0.3 is 9.47 Å². The van der Waals surface area contributed by atoms with Gasteiger partial charge >= 0.3 is 0 Å². The highest BCUT2D eigenvalue weighted by molar-refractivity contribution is 7.99. The van der Waals surface area contributed by atoms with E-state index in [-0.39, 0.29) is 5.25 Å². The predicted octanol–water partition coefficient (Wildman–Crippen LogP) is 6.65. The first-order valence-corrected chi connectivity index (χ1v) is 10.6. The molecule has 150 valence electrons. The Balaban J connectivity index is 1.63. The molecule has 1 heterocycles. The van der Waals surface area contributed by atoms with E-state index in [4.69, 9.17) is 9.47 Å². The van der Waals surface area contributed by atoms with Crippen molar-refractivity contribution in [1.82, 2.24) is 4.98 Å². The van der Waals surface area contributed by atoms with Crippen LogP contribution in [-0.2, 0) is 0 Å². The number of rotatable bonds is 7. The minimum absolute atomic E-state index is 0.155. The third-order valence-corrected chi connectivity index (χ3v) is 6.23. The number of thioether (sulfide) groups is 1. The summed E-state index contributed by atoms with van der Waals surface area (Å²) in [5, 5.41) is 0.155. The molecule has 4 heteroatoms. The van der Waals surface area contributed by atoms with Crippen molar-refractivity contribution in [3.05, 3.63) is 108 Å². The zero-order chi connectivity index (χ0) is 20.8. The average Bonchev–Trinajstić information content (AvgIpc) is 2.84. The van der Waals surface area contributed by atoms with Crippen LogP contribution < -0.4 is 9.47 Å². The summed E-state index contributed by atoms with van der Waals surface area (Å²) < 4.78 is 10.7. The van der Waals surface area contributed by atoms with Gasteiger partial charge in [0.1, 0.15) is 11.5 Å². The molecule has 0 unspecified atom stereocenters. The van der Waals surface area contributed by atoms with E-state index in [1.165, 1.54) is 16.0 Å². The van der Waals surface area contributed by atoms with E-state index in [0.29, 0.717) is 0 Å². The zero-order valence-electron chi connectivity index (χ0n) is 17.0. The van der Waals surface area contributed by atoms with E-state index in [1.54, 1.807) is 14.2 Å². The summed E-state index contributed by atoms with van der Waals surface area (Å²) in [7, 11) is 3.38. The Bertz CT molecular complexity index is 1020. The topological polar surface area (TPSA) is 31.4 Å². The molecule has 0 saturated carbocycles. The number of pyridine rings is 1. The van der Waals surface area contributed by atoms with E-state index in [2.05, 4.69) is 53.5 Å². The Morgan fingerprint density at radius 3 is 1.70 bits per heavy atom. The van der Waals surface area contributed by atoms with Crippen molar-refractivity contribution in [3.63, 3.8) is 0 Å².